The van der Waals surface area contributed by atoms with Gasteiger partial charge in [-0.15, -0.1) is 0 Å². The Morgan fingerprint density at radius 2 is 1.69 bits per heavy atom. The summed E-state index contributed by atoms with van der Waals surface area (Å²) in [6.07, 6.45) is 10.0. The molecule has 0 radical (unpaired) electrons. The van der Waals surface area contributed by atoms with Crippen LogP contribution in [0.5, 0.6) is 0 Å². The largest absolute Gasteiger partial charge is 0.396 e. The highest BCUT2D eigenvalue weighted by molar-refractivity contribution is 5.95. The van der Waals surface area contributed by atoms with Crippen LogP contribution in [-0.2, 0) is 19.1 Å². The van der Waals surface area contributed by atoms with Crippen molar-refractivity contribution >= 4 is 17.6 Å². The molecule has 2 unspecified atom stereocenters. The number of fused-ring (bicyclic) bond motifs is 7. The van der Waals surface area contributed by atoms with Crippen molar-refractivity contribution in [2.24, 2.45) is 61.9 Å². The van der Waals surface area contributed by atoms with Crippen LogP contribution in [0.15, 0.2) is 11.6 Å². The number of primary amides is 1. The minimum absolute atomic E-state index is 0.0675. The Morgan fingerprint density at radius 3 is 2.31 bits per heavy atom. The summed E-state index contributed by atoms with van der Waals surface area (Å²) in [5.41, 5.74) is 5.97. The lowest BCUT2D eigenvalue weighted by atomic mass is 9.33. The highest BCUT2D eigenvalue weighted by Gasteiger charge is 2.71. The van der Waals surface area contributed by atoms with E-state index in [0.717, 1.165) is 51.4 Å². The van der Waals surface area contributed by atoms with Gasteiger partial charge < -0.3 is 20.9 Å². The average Bonchev–Trinajstić information content (AvgIpc) is 2.87. The molecule has 0 heterocycles. The second kappa shape index (κ2) is 10.2. The standard InChI is InChI=1S/C35H56N2O5/c1-21(39)37-20-42-28-22(10-16-38)18-33(6)26(30(28,2)3)9-11-35(8)27(33)25(40)17-23-24-19-32(5,29(36)41)13-12-31(24,4)14-15-34(23,35)7/h17,22,24,26-28,38H,9-16,18-20H2,1-8H3,(H2,36,41)(H,37,39)/t22?,24-,26?,27-,28+,31-,32+,33+,34-,35-/m1/s1. The quantitative estimate of drug-likeness (QED) is 0.354. The minimum Gasteiger partial charge on any atom is -0.396 e. The second-order valence-corrected chi connectivity index (χ2v) is 16.9. The third kappa shape index (κ3) is 4.37. The third-order valence-corrected chi connectivity index (χ3v) is 14.3. The average molecular weight is 585 g/mol. The number of aliphatic hydroxyl groups excluding tert-OH is 1. The van der Waals surface area contributed by atoms with E-state index >= 15 is 0 Å². The van der Waals surface area contributed by atoms with Crippen molar-refractivity contribution < 1.29 is 24.2 Å². The number of carbonyl (C=O) groups is 3. The molecule has 0 aromatic carbocycles. The van der Waals surface area contributed by atoms with Crippen LogP contribution < -0.4 is 11.1 Å². The number of hydrogen-bond acceptors (Lipinski definition) is 5. The molecule has 4 N–H and O–H groups in total. The molecule has 42 heavy (non-hydrogen) atoms. The van der Waals surface area contributed by atoms with Gasteiger partial charge in [0.15, 0.2) is 5.78 Å². The third-order valence-electron chi connectivity index (χ3n) is 14.3. The van der Waals surface area contributed by atoms with Crippen molar-refractivity contribution in [3.63, 3.8) is 0 Å². The first-order valence-electron chi connectivity index (χ1n) is 16.4. The molecule has 0 bridgehead atoms. The smallest absolute Gasteiger partial charge is 0.223 e. The van der Waals surface area contributed by atoms with Gasteiger partial charge in [0, 0.05) is 24.9 Å². The lowest BCUT2D eigenvalue weighted by Gasteiger charge is -2.71. The molecule has 5 rings (SSSR count). The first kappa shape index (κ1) is 31.7. The van der Waals surface area contributed by atoms with Gasteiger partial charge in [-0.25, -0.2) is 0 Å². The van der Waals surface area contributed by atoms with Crippen LogP contribution in [0.1, 0.15) is 113 Å². The lowest BCUT2D eigenvalue weighted by molar-refractivity contribution is -0.227. The van der Waals surface area contributed by atoms with Crippen LogP contribution in [0, 0.1) is 56.2 Å². The first-order valence-corrected chi connectivity index (χ1v) is 16.4. The fraction of sp³-hybridized carbons (Fsp3) is 0.857. The monoisotopic (exact) mass is 584 g/mol. The SMILES string of the molecule is CC(=O)NCO[C@H]1C(CCO)C[C@@]2(C)C(CC[C@]3(C)[C@@H]2C(=O)C=C2[C@H]4C[C@@](C)(C(N)=O)CC[C@]4(C)CC[C@]23C)C1(C)C. The van der Waals surface area contributed by atoms with Gasteiger partial charge in [-0.3, -0.25) is 14.4 Å². The predicted octanol–water partition coefficient (Wildman–Crippen LogP) is 5.54. The number of ketones is 1. The number of aliphatic hydroxyl groups is 1. The molecule has 2 amide bonds. The number of ether oxygens (including phenoxy) is 1. The summed E-state index contributed by atoms with van der Waals surface area (Å²) in [4.78, 5) is 38.9. The van der Waals surface area contributed by atoms with E-state index in [2.05, 4.69) is 46.9 Å². The molecule has 0 spiro atoms. The van der Waals surface area contributed by atoms with Crippen molar-refractivity contribution in [1.82, 2.24) is 5.32 Å². The van der Waals surface area contributed by atoms with Crippen molar-refractivity contribution in [1.29, 1.82) is 0 Å². The molecule has 0 aromatic heterocycles. The summed E-state index contributed by atoms with van der Waals surface area (Å²) >= 11 is 0. The van der Waals surface area contributed by atoms with Gasteiger partial charge in [0.05, 0.1) is 6.10 Å². The predicted molar refractivity (Wildman–Crippen MR) is 163 cm³/mol. The molecule has 10 atom stereocenters. The maximum atomic E-state index is 14.7. The Balaban J connectivity index is 1.56. The van der Waals surface area contributed by atoms with E-state index in [0.29, 0.717) is 6.42 Å². The number of rotatable bonds is 6. The number of nitrogens with two attached hydrogens (primary N) is 1. The van der Waals surface area contributed by atoms with Gasteiger partial charge >= 0.3 is 0 Å². The van der Waals surface area contributed by atoms with Gasteiger partial charge in [0.1, 0.15) is 6.73 Å². The summed E-state index contributed by atoms with van der Waals surface area (Å²) in [5.74, 6) is 0.329. The van der Waals surface area contributed by atoms with Crippen molar-refractivity contribution in [2.75, 3.05) is 13.3 Å². The minimum atomic E-state index is -0.537. The van der Waals surface area contributed by atoms with Crippen molar-refractivity contribution in [3.8, 4) is 0 Å². The molecule has 4 saturated carbocycles. The molecular formula is C35H56N2O5. The summed E-state index contributed by atoms with van der Waals surface area (Å²) in [5, 5.41) is 12.9. The lowest BCUT2D eigenvalue weighted by Crippen LogP contribution is -2.68. The maximum Gasteiger partial charge on any atom is 0.223 e. The molecule has 7 nitrogen and oxygen atoms in total. The Morgan fingerprint density at radius 1 is 1.02 bits per heavy atom. The fourth-order valence-electron chi connectivity index (χ4n) is 11.8. The van der Waals surface area contributed by atoms with E-state index in [-0.39, 0.29) is 87.8 Å². The zero-order valence-electron chi connectivity index (χ0n) is 27.4. The van der Waals surface area contributed by atoms with Crippen LogP contribution in [0.2, 0.25) is 0 Å². The molecule has 0 aromatic rings. The topological polar surface area (TPSA) is 119 Å². The van der Waals surface area contributed by atoms with Gasteiger partial charge in [0.2, 0.25) is 11.8 Å². The van der Waals surface area contributed by atoms with E-state index in [1.807, 2.05) is 13.0 Å². The van der Waals surface area contributed by atoms with E-state index < -0.39 is 5.41 Å². The highest BCUT2D eigenvalue weighted by atomic mass is 16.5. The fourth-order valence-corrected chi connectivity index (χ4v) is 11.8. The normalized spacial score (nSPS) is 47.7. The summed E-state index contributed by atoms with van der Waals surface area (Å²) in [7, 11) is 0. The molecular weight excluding hydrogens is 528 g/mol. The molecule has 5 aliphatic rings. The molecule has 0 aliphatic heterocycles. The zero-order valence-corrected chi connectivity index (χ0v) is 27.4. The van der Waals surface area contributed by atoms with Gasteiger partial charge in [0.25, 0.3) is 0 Å². The number of nitrogens with one attached hydrogen (secondary N) is 1. The summed E-state index contributed by atoms with van der Waals surface area (Å²) < 4.78 is 6.39. The second-order valence-electron chi connectivity index (χ2n) is 16.9. The zero-order chi connectivity index (χ0) is 31.1. The molecule has 7 heteroatoms. The van der Waals surface area contributed by atoms with E-state index in [9.17, 15) is 19.5 Å². The number of amides is 2. The van der Waals surface area contributed by atoms with Crippen LogP contribution in [0.3, 0.4) is 0 Å². The maximum absolute atomic E-state index is 14.7. The van der Waals surface area contributed by atoms with Gasteiger partial charge in [-0.2, -0.15) is 0 Å². The van der Waals surface area contributed by atoms with Crippen molar-refractivity contribution in [3.05, 3.63) is 11.6 Å². The number of allylic oxidation sites excluding steroid dienone is 2. The Bertz CT molecular complexity index is 1180. The van der Waals surface area contributed by atoms with Crippen LogP contribution in [0.25, 0.3) is 0 Å². The molecule has 0 saturated heterocycles. The van der Waals surface area contributed by atoms with E-state index in [1.165, 1.54) is 12.5 Å². The Kier molecular flexibility index (Phi) is 7.66. The van der Waals surface area contributed by atoms with Gasteiger partial charge in [-0.1, -0.05) is 54.0 Å². The highest BCUT2D eigenvalue weighted by Crippen LogP contribution is 2.75. The summed E-state index contributed by atoms with van der Waals surface area (Å²) in [6.45, 7) is 17.8. The molecule has 5 aliphatic carbocycles. The number of hydrogen-bond donors (Lipinski definition) is 3. The Hall–Kier alpha value is -1.73. The Labute approximate surface area is 253 Å². The summed E-state index contributed by atoms with van der Waals surface area (Å²) in [6, 6.07) is 0. The molecule has 236 valence electrons. The number of carbonyl (C=O) groups excluding carboxylic acids is 3. The van der Waals surface area contributed by atoms with Crippen LogP contribution in [-0.4, -0.2) is 42.1 Å². The first-order chi connectivity index (χ1) is 19.4. The van der Waals surface area contributed by atoms with Crippen LogP contribution in [0.4, 0.5) is 0 Å². The van der Waals surface area contributed by atoms with Crippen LogP contribution >= 0.6 is 0 Å². The van der Waals surface area contributed by atoms with Gasteiger partial charge in [-0.05, 0) is 109 Å². The van der Waals surface area contributed by atoms with E-state index in [4.69, 9.17) is 10.5 Å². The van der Waals surface area contributed by atoms with E-state index in [1.54, 1.807) is 0 Å². The van der Waals surface area contributed by atoms with Crippen molar-refractivity contribution in [2.45, 2.75) is 119 Å². The molecule has 4 fully saturated rings.